The molecule has 0 spiro atoms. The first kappa shape index (κ1) is 21.5. The predicted molar refractivity (Wildman–Crippen MR) is 123 cm³/mol. The fourth-order valence-electron chi connectivity index (χ4n) is 3.72. The molecule has 160 valence electrons. The number of anilines is 1. The monoisotopic (exact) mass is 448 g/mol. The Morgan fingerprint density at radius 2 is 1.09 bits per heavy atom. The summed E-state index contributed by atoms with van der Waals surface area (Å²) < 4.78 is 27.2. The maximum Gasteiger partial charge on any atom is 0.320 e. The Morgan fingerprint density at radius 1 is 0.688 bits per heavy atom. The molecule has 0 bridgehead atoms. The SMILES string of the molecule is O=C(Nc1cc(F)c(F)cc1Cl)NC(c1ccccc1)(c1ccccc1)c1ccccc1. The van der Waals surface area contributed by atoms with Crippen molar-refractivity contribution < 1.29 is 13.6 Å². The van der Waals surface area contributed by atoms with Gasteiger partial charge in [0.25, 0.3) is 0 Å². The van der Waals surface area contributed by atoms with Crippen LogP contribution in [0, 0.1) is 11.6 Å². The molecule has 3 nitrogen and oxygen atoms in total. The third-order valence-corrected chi connectivity index (χ3v) is 5.49. The van der Waals surface area contributed by atoms with Gasteiger partial charge < -0.3 is 10.6 Å². The molecule has 32 heavy (non-hydrogen) atoms. The molecule has 0 saturated heterocycles. The lowest BCUT2D eigenvalue weighted by molar-refractivity contribution is 0.245. The van der Waals surface area contributed by atoms with Crippen LogP contribution in [0.4, 0.5) is 19.3 Å². The molecule has 6 heteroatoms. The van der Waals surface area contributed by atoms with Crippen LogP contribution in [0.3, 0.4) is 0 Å². The molecule has 4 aromatic carbocycles. The second kappa shape index (κ2) is 9.20. The Labute approximate surface area is 189 Å². The van der Waals surface area contributed by atoms with E-state index in [-0.39, 0.29) is 10.7 Å². The largest absolute Gasteiger partial charge is 0.320 e. The maximum absolute atomic E-state index is 13.7. The van der Waals surface area contributed by atoms with Crippen LogP contribution in [0.2, 0.25) is 5.02 Å². The van der Waals surface area contributed by atoms with Crippen LogP contribution in [0.5, 0.6) is 0 Å². The number of hydrogen-bond donors (Lipinski definition) is 2. The predicted octanol–water partition coefficient (Wildman–Crippen LogP) is 6.73. The van der Waals surface area contributed by atoms with Crippen molar-refractivity contribution in [1.82, 2.24) is 5.32 Å². The molecule has 0 radical (unpaired) electrons. The van der Waals surface area contributed by atoms with Gasteiger partial charge in [-0.2, -0.15) is 0 Å². The van der Waals surface area contributed by atoms with Crippen molar-refractivity contribution in [1.29, 1.82) is 0 Å². The van der Waals surface area contributed by atoms with E-state index in [4.69, 9.17) is 11.6 Å². The second-order valence-corrected chi connectivity index (χ2v) is 7.58. The maximum atomic E-state index is 13.7. The molecule has 0 aliphatic heterocycles. The lowest BCUT2D eigenvalue weighted by Crippen LogP contribution is -2.49. The second-order valence-electron chi connectivity index (χ2n) is 7.17. The van der Waals surface area contributed by atoms with E-state index in [1.54, 1.807) is 0 Å². The van der Waals surface area contributed by atoms with Crippen LogP contribution in [0.25, 0.3) is 0 Å². The summed E-state index contributed by atoms with van der Waals surface area (Å²) in [5.41, 5.74) is 1.38. The molecule has 0 saturated carbocycles. The summed E-state index contributed by atoms with van der Waals surface area (Å²) in [4.78, 5) is 13.2. The van der Waals surface area contributed by atoms with Crippen molar-refractivity contribution in [3.05, 3.63) is 136 Å². The minimum Gasteiger partial charge on any atom is -0.320 e. The third kappa shape index (κ3) is 4.20. The Bertz CT molecular complexity index is 1120. The summed E-state index contributed by atoms with van der Waals surface area (Å²) in [6.45, 7) is 0. The van der Waals surface area contributed by atoms with Gasteiger partial charge in [-0.05, 0) is 22.8 Å². The molecule has 4 aromatic rings. The molecule has 0 aromatic heterocycles. The number of halogens is 3. The smallest absolute Gasteiger partial charge is 0.320 e. The van der Waals surface area contributed by atoms with E-state index in [1.165, 1.54) is 0 Å². The third-order valence-electron chi connectivity index (χ3n) is 5.18. The summed E-state index contributed by atoms with van der Waals surface area (Å²) in [6.07, 6.45) is 0. The Kier molecular flexibility index (Phi) is 6.19. The van der Waals surface area contributed by atoms with Crippen LogP contribution in [-0.2, 0) is 5.54 Å². The summed E-state index contributed by atoms with van der Waals surface area (Å²) in [6, 6.07) is 29.6. The van der Waals surface area contributed by atoms with Crippen molar-refractivity contribution >= 4 is 23.3 Å². The zero-order valence-corrected chi connectivity index (χ0v) is 17.6. The molecule has 2 amide bonds. The van der Waals surface area contributed by atoms with Gasteiger partial charge in [0.1, 0.15) is 5.54 Å². The van der Waals surface area contributed by atoms with E-state index in [9.17, 15) is 13.6 Å². The summed E-state index contributed by atoms with van der Waals surface area (Å²) in [5, 5.41) is 5.51. The lowest BCUT2D eigenvalue weighted by Gasteiger charge is -2.36. The number of nitrogens with one attached hydrogen (secondary N) is 2. The van der Waals surface area contributed by atoms with Gasteiger partial charge in [0, 0.05) is 6.07 Å². The highest BCUT2D eigenvalue weighted by Crippen LogP contribution is 2.37. The van der Waals surface area contributed by atoms with E-state index >= 15 is 0 Å². The number of carbonyl (C=O) groups is 1. The fourth-order valence-corrected chi connectivity index (χ4v) is 3.92. The molecule has 2 N–H and O–H groups in total. The molecule has 0 fully saturated rings. The van der Waals surface area contributed by atoms with Gasteiger partial charge in [-0.1, -0.05) is 103 Å². The fraction of sp³-hybridized carbons (Fsp3) is 0.0385. The average Bonchev–Trinajstić information content (AvgIpc) is 2.83. The van der Waals surface area contributed by atoms with Crippen molar-refractivity contribution in [2.24, 2.45) is 0 Å². The molecule has 0 aliphatic carbocycles. The molecule has 0 unspecified atom stereocenters. The minimum atomic E-state index is -1.11. The molecular weight excluding hydrogens is 430 g/mol. The highest BCUT2D eigenvalue weighted by atomic mass is 35.5. The van der Waals surface area contributed by atoms with E-state index in [2.05, 4.69) is 10.6 Å². The van der Waals surface area contributed by atoms with Crippen LogP contribution in [-0.4, -0.2) is 6.03 Å². The van der Waals surface area contributed by atoms with Crippen molar-refractivity contribution in [3.8, 4) is 0 Å². The van der Waals surface area contributed by atoms with Gasteiger partial charge >= 0.3 is 6.03 Å². The molecule has 0 atom stereocenters. The first-order chi connectivity index (χ1) is 15.5. The molecule has 0 heterocycles. The number of urea groups is 1. The summed E-state index contributed by atoms with van der Waals surface area (Å²) in [5.74, 6) is -2.20. The number of amides is 2. The number of hydrogen-bond acceptors (Lipinski definition) is 1. The summed E-state index contributed by atoms with van der Waals surface area (Å²) in [7, 11) is 0. The van der Waals surface area contributed by atoms with Gasteiger partial charge in [0.05, 0.1) is 10.7 Å². The van der Waals surface area contributed by atoms with Gasteiger partial charge in [-0.3, -0.25) is 0 Å². The molecular formula is C26H19ClF2N2O. The van der Waals surface area contributed by atoms with Crippen LogP contribution in [0.15, 0.2) is 103 Å². The van der Waals surface area contributed by atoms with Crippen molar-refractivity contribution in [3.63, 3.8) is 0 Å². The van der Waals surface area contributed by atoms with Crippen molar-refractivity contribution in [2.75, 3.05) is 5.32 Å². The van der Waals surface area contributed by atoms with E-state index in [1.807, 2.05) is 91.0 Å². The molecule has 4 rings (SSSR count). The average molecular weight is 449 g/mol. The van der Waals surface area contributed by atoms with Crippen LogP contribution in [0.1, 0.15) is 16.7 Å². The molecule has 0 aliphatic rings. The van der Waals surface area contributed by atoms with Gasteiger partial charge in [-0.25, -0.2) is 13.6 Å². The van der Waals surface area contributed by atoms with Crippen molar-refractivity contribution in [2.45, 2.75) is 5.54 Å². The van der Waals surface area contributed by atoms with E-state index in [0.717, 1.165) is 28.8 Å². The zero-order valence-electron chi connectivity index (χ0n) is 16.9. The van der Waals surface area contributed by atoms with Gasteiger partial charge in [-0.15, -0.1) is 0 Å². The van der Waals surface area contributed by atoms with E-state index in [0.29, 0.717) is 0 Å². The minimum absolute atomic E-state index is 0.0360. The lowest BCUT2D eigenvalue weighted by atomic mass is 9.77. The number of benzene rings is 4. The highest BCUT2D eigenvalue weighted by Gasteiger charge is 2.38. The number of carbonyl (C=O) groups excluding carboxylic acids is 1. The first-order valence-electron chi connectivity index (χ1n) is 9.91. The van der Waals surface area contributed by atoms with Crippen LogP contribution < -0.4 is 10.6 Å². The zero-order chi connectivity index (χ0) is 22.6. The number of rotatable bonds is 5. The Hall–Kier alpha value is -3.70. The quantitative estimate of drug-likeness (QED) is 0.258. The van der Waals surface area contributed by atoms with Gasteiger partial charge in [0.15, 0.2) is 11.6 Å². The standard InChI is InChI=1S/C26H19ClF2N2O/c27-21-16-22(28)23(29)17-24(21)30-25(32)31-26(18-10-4-1-5-11-18,19-12-6-2-7-13-19)20-14-8-3-9-15-20/h1-17H,(H2,30,31,32). The van der Waals surface area contributed by atoms with Crippen LogP contribution >= 0.6 is 11.6 Å². The van der Waals surface area contributed by atoms with Gasteiger partial charge in [0.2, 0.25) is 0 Å². The normalized spacial score (nSPS) is 11.1. The first-order valence-corrected chi connectivity index (χ1v) is 10.3. The highest BCUT2D eigenvalue weighted by molar-refractivity contribution is 6.33. The topological polar surface area (TPSA) is 41.1 Å². The Morgan fingerprint density at radius 3 is 1.53 bits per heavy atom. The van der Waals surface area contributed by atoms with E-state index < -0.39 is 23.2 Å². The Balaban J connectivity index is 1.83. The summed E-state index contributed by atoms with van der Waals surface area (Å²) >= 11 is 6.02.